The number of esters is 1. The molecule has 0 spiro atoms. The van der Waals surface area contributed by atoms with Crippen LogP contribution in [0.4, 0.5) is 0 Å². The molecule has 0 aliphatic heterocycles. The van der Waals surface area contributed by atoms with E-state index < -0.39 is 18.6 Å². The lowest BCUT2D eigenvalue weighted by Gasteiger charge is -2.13. The molecular formula is C14H19NO5. The number of aliphatic hydroxyl groups excluding tert-OH is 1. The molecule has 1 aromatic rings. The maximum atomic E-state index is 11.6. The summed E-state index contributed by atoms with van der Waals surface area (Å²) < 4.78 is 9.88. The number of aliphatic hydroxyl groups is 1. The van der Waals surface area contributed by atoms with Crippen molar-refractivity contribution in [1.29, 1.82) is 0 Å². The highest BCUT2D eigenvalue weighted by Gasteiger charge is 2.19. The van der Waals surface area contributed by atoms with E-state index in [-0.39, 0.29) is 12.3 Å². The van der Waals surface area contributed by atoms with Crippen molar-refractivity contribution >= 4 is 11.9 Å². The Hall–Kier alpha value is -2.08. The molecule has 0 saturated carbocycles. The van der Waals surface area contributed by atoms with Crippen LogP contribution in [0.25, 0.3) is 0 Å². The van der Waals surface area contributed by atoms with Crippen molar-refractivity contribution < 1.29 is 24.2 Å². The van der Waals surface area contributed by atoms with Crippen molar-refractivity contribution in [3.63, 3.8) is 0 Å². The zero-order valence-electron chi connectivity index (χ0n) is 11.4. The van der Waals surface area contributed by atoms with E-state index in [1.807, 2.05) is 30.3 Å². The quantitative estimate of drug-likeness (QED) is 0.535. The second-order valence-electron chi connectivity index (χ2n) is 4.09. The monoisotopic (exact) mass is 281 g/mol. The summed E-state index contributed by atoms with van der Waals surface area (Å²) in [6, 6.07) is 8.28. The van der Waals surface area contributed by atoms with E-state index in [1.54, 1.807) is 0 Å². The average molecular weight is 281 g/mol. The molecule has 1 atom stereocenters. The summed E-state index contributed by atoms with van der Waals surface area (Å²) in [5.41, 5.74) is 0. The van der Waals surface area contributed by atoms with E-state index >= 15 is 0 Å². The molecule has 0 bridgehead atoms. The van der Waals surface area contributed by atoms with Gasteiger partial charge in [0.25, 0.3) is 0 Å². The summed E-state index contributed by atoms with van der Waals surface area (Å²) in [5.74, 6) is -0.247. The Kier molecular flexibility index (Phi) is 7.13. The largest absolute Gasteiger partial charge is 0.494 e. The summed E-state index contributed by atoms with van der Waals surface area (Å²) in [6.45, 7) is -0.0849. The number of benzene rings is 1. The van der Waals surface area contributed by atoms with Crippen LogP contribution < -0.4 is 10.1 Å². The van der Waals surface area contributed by atoms with Gasteiger partial charge < -0.3 is 19.9 Å². The molecule has 20 heavy (non-hydrogen) atoms. The van der Waals surface area contributed by atoms with Crippen molar-refractivity contribution in [2.45, 2.75) is 18.9 Å². The molecule has 1 aromatic carbocycles. The SMILES string of the molecule is COC(=O)C(CO)NC(=O)CCCOc1ccccc1. The molecule has 6 heteroatoms. The Balaban J connectivity index is 2.21. The predicted molar refractivity (Wildman–Crippen MR) is 72.2 cm³/mol. The number of methoxy groups -OCH3 is 1. The van der Waals surface area contributed by atoms with E-state index in [9.17, 15) is 9.59 Å². The fraction of sp³-hybridized carbons (Fsp3) is 0.429. The number of nitrogens with one attached hydrogen (secondary N) is 1. The van der Waals surface area contributed by atoms with E-state index in [0.717, 1.165) is 5.75 Å². The van der Waals surface area contributed by atoms with Crippen LogP contribution in [0.5, 0.6) is 5.75 Å². The Bertz CT molecular complexity index is 421. The molecule has 110 valence electrons. The van der Waals surface area contributed by atoms with Gasteiger partial charge in [0.1, 0.15) is 5.75 Å². The molecule has 0 aromatic heterocycles. The third-order valence-corrected chi connectivity index (χ3v) is 2.56. The highest BCUT2D eigenvalue weighted by molar-refractivity contribution is 5.84. The van der Waals surface area contributed by atoms with Crippen LogP contribution in [-0.2, 0) is 14.3 Å². The number of amides is 1. The number of para-hydroxylation sites is 1. The maximum Gasteiger partial charge on any atom is 0.330 e. The topological polar surface area (TPSA) is 84.9 Å². The molecule has 0 heterocycles. The molecule has 0 fully saturated rings. The lowest BCUT2D eigenvalue weighted by atomic mass is 10.2. The molecule has 2 N–H and O–H groups in total. The fourth-order valence-corrected chi connectivity index (χ4v) is 1.53. The molecule has 1 rings (SSSR count). The number of hydrogen-bond acceptors (Lipinski definition) is 5. The zero-order chi connectivity index (χ0) is 14.8. The molecular weight excluding hydrogens is 262 g/mol. The normalized spacial score (nSPS) is 11.5. The van der Waals surface area contributed by atoms with Gasteiger partial charge in [-0.25, -0.2) is 4.79 Å². The number of hydrogen-bond donors (Lipinski definition) is 2. The lowest BCUT2D eigenvalue weighted by molar-refractivity contribution is -0.146. The van der Waals surface area contributed by atoms with Crippen molar-refractivity contribution in [1.82, 2.24) is 5.32 Å². The van der Waals surface area contributed by atoms with Crippen LogP contribution >= 0.6 is 0 Å². The van der Waals surface area contributed by atoms with Crippen LogP contribution in [0.2, 0.25) is 0 Å². The average Bonchev–Trinajstić information content (AvgIpc) is 2.49. The Morgan fingerprint density at radius 1 is 1.30 bits per heavy atom. The second-order valence-corrected chi connectivity index (χ2v) is 4.09. The smallest absolute Gasteiger partial charge is 0.330 e. The van der Waals surface area contributed by atoms with Crippen molar-refractivity contribution in [2.75, 3.05) is 20.3 Å². The predicted octanol–water partition coefficient (Wildman–Crippen LogP) is 0.496. The van der Waals surface area contributed by atoms with Gasteiger partial charge in [0, 0.05) is 6.42 Å². The number of carbonyl (C=O) groups excluding carboxylic acids is 2. The van der Waals surface area contributed by atoms with Gasteiger partial charge in [-0.3, -0.25) is 4.79 Å². The van der Waals surface area contributed by atoms with Gasteiger partial charge in [-0.2, -0.15) is 0 Å². The fourth-order valence-electron chi connectivity index (χ4n) is 1.53. The van der Waals surface area contributed by atoms with Crippen LogP contribution in [0.3, 0.4) is 0 Å². The van der Waals surface area contributed by atoms with Gasteiger partial charge in [-0.05, 0) is 18.6 Å². The summed E-state index contributed by atoms with van der Waals surface area (Å²) in [6.07, 6.45) is 0.723. The summed E-state index contributed by atoms with van der Waals surface area (Å²) in [7, 11) is 1.20. The summed E-state index contributed by atoms with van der Waals surface area (Å²) in [5, 5.41) is 11.4. The third kappa shape index (κ3) is 5.71. The molecule has 6 nitrogen and oxygen atoms in total. The van der Waals surface area contributed by atoms with E-state index in [1.165, 1.54) is 7.11 Å². The molecule has 1 unspecified atom stereocenters. The van der Waals surface area contributed by atoms with Gasteiger partial charge in [-0.1, -0.05) is 18.2 Å². The minimum atomic E-state index is -1.01. The van der Waals surface area contributed by atoms with Crippen molar-refractivity contribution in [2.24, 2.45) is 0 Å². The van der Waals surface area contributed by atoms with Crippen LogP contribution in [0.1, 0.15) is 12.8 Å². The number of ether oxygens (including phenoxy) is 2. The molecule has 0 aliphatic carbocycles. The second kappa shape index (κ2) is 8.92. The standard InChI is InChI=1S/C14H19NO5/c1-19-14(18)12(10-16)15-13(17)8-5-9-20-11-6-3-2-4-7-11/h2-4,6-7,12,16H,5,8-10H2,1H3,(H,15,17). The first-order valence-corrected chi connectivity index (χ1v) is 6.33. The molecule has 1 amide bonds. The summed E-state index contributed by atoms with van der Waals surface area (Å²) in [4.78, 5) is 22.7. The van der Waals surface area contributed by atoms with Crippen LogP contribution in [-0.4, -0.2) is 43.3 Å². The van der Waals surface area contributed by atoms with Gasteiger partial charge >= 0.3 is 5.97 Å². The van der Waals surface area contributed by atoms with Gasteiger partial charge in [0.15, 0.2) is 6.04 Å². The summed E-state index contributed by atoms with van der Waals surface area (Å²) >= 11 is 0. The third-order valence-electron chi connectivity index (χ3n) is 2.56. The lowest BCUT2D eigenvalue weighted by Crippen LogP contribution is -2.44. The van der Waals surface area contributed by atoms with E-state index in [2.05, 4.69) is 10.1 Å². The molecule has 0 radical (unpaired) electrons. The highest BCUT2D eigenvalue weighted by atomic mass is 16.5. The van der Waals surface area contributed by atoms with E-state index in [4.69, 9.17) is 9.84 Å². The first kappa shape index (κ1) is 16.0. The first-order chi connectivity index (χ1) is 9.67. The minimum Gasteiger partial charge on any atom is -0.494 e. The Labute approximate surface area is 117 Å². The van der Waals surface area contributed by atoms with Gasteiger partial charge in [-0.15, -0.1) is 0 Å². The number of carbonyl (C=O) groups is 2. The highest BCUT2D eigenvalue weighted by Crippen LogP contribution is 2.08. The van der Waals surface area contributed by atoms with Crippen molar-refractivity contribution in [3.8, 4) is 5.75 Å². The van der Waals surface area contributed by atoms with Crippen LogP contribution in [0.15, 0.2) is 30.3 Å². The first-order valence-electron chi connectivity index (χ1n) is 6.33. The van der Waals surface area contributed by atoms with Crippen LogP contribution in [0, 0.1) is 0 Å². The van der Waals surface area contributed by atoms with Gasteiger partial charge in [0.05, 0.1) is 20.3 Å². The number of rotatable bonds is 8. The minimum absolute atomic E-state index is 0.209. The van der Waals surface area contributed by atoms with Crippen molar-refractivity contribution in [3.05, 3.63) is 30.3 Å². The molecule has 0 aliphatic rings. The zero-order valence-corrected chi connectivity index (χ0v) is 11.4. The van der Waals surface area contributed by atoms with E-state index in [0.29, 0.717) is 13.0 Å². The Morgan fingerprint density at radius 2 is 2.00 bits per heavy atom. The van der Waals surface area contributed by atoms with Gasteiger partial charge in [0.2, 0.25) is 5.91 Å². The molecule has 0 saturated heterocycles. The Morgan fingerprint density at radius 3 is 2.60 bits per heavy atom. The maximum absolute atomic E-state index is 11.6.